The lowest BCUT2D eigenvalue weighted by Crippen LogP contribution is -2.59. The summed E-state index contributed by atoms with van der Waals surface area (Å²) in [5, 5.41) is 11.9. The highest BCUT2D eigenvalue weighted by Gasteiger charge is 2.40. The summed E-state index contributed by atoms with van der Waals surface area (Å²) >= 11 is 0. The van der Waals surface area contributed by atoms with Crippen LogP contribution in [0.3, 0.4) is 0 Å². The van der Waals surface area contributed by atoms with Crippen molar-refractivity contribution in [3.63, 3.8) is 0 Å². The Bertz CT molecular complexity index is 402. The van der Waals surface area contributed by atoms with Crippen LogP contribution in [0.1, 0.15) is 39.0 Å². The van der Waals surface area contributed by atoms with Crippen molar-refractivity contribution in [2.45, 2.75) is 44.6 Å². The molecule has 0 bridgehead atoms. The molecule has 0 radical (unpaired) electrons. The van der Waals surface area contributed by atoms with E-state index in [0.717, 1.165) is 19.3 Å². The fraction of sp³-hybridized carbons (Fsp3) is 0.909. The van der Waals surface area contributed by atoms with Crippen molar-refractivity contribution in [2.24, 2.45) is 10.9 Å². The Morgan fingerprint density at radius 2 is 2.05 bits per heavy atom. The second-order valence-electron chi connectivity index (χ2n) is 4.75. The van der Waals surface area contributed by atoms with Crippen LogP contribution in [-0.4, -0.2) is 44.0 Å². The second-order valence-corrected chi connectivity index (χ2v) is 6.59. The molecular formula is C11H23N3O4S. The number of hydrogen-bond donors (Lipinski definition) is 3. The molecule has 19 heavy (non-hydrogen) atoms. The average Bonchev–Trinajstić information content (AvgIpc) is 2.38. The summed E-state index contributed by atoms with van der Waals surface area (Å²) in [7, 11) is -3.51. The van der Waals surface area contributed by atoms with Gasteiger partial charge in [-0.3, -0.25) is 0 Å². The Balaban J connectivity index is 2.77. The van der Waals surface area contributed by atoms with Gasteiger partial charge in [-0.15, -0.1) is 0 Å². The molecule has 0 atom stereocenters. The van der Waals surface area contributed by atoms with Gasteiger partial charge in [-0.25, -0.2) is 13.1 Å². The smallest absolute Gasteiger partial charge is 0.214 e. The lowest BCUT2D eigenvalue weighted by Gasteiger charge is -2.36. The summed E-state index contributed by atoms with van der Waals surface area (Å²) in [4.78, 5) is 0. The van der Waals surface area contributed by atoms with Crippen molar-refractivity contribution >= 4 is 15.9 Å². The molecule has 1 fully saturated rings. The van der Waals surface area contributed by atoms with E-state index in [0.29, 0.717) is 19.4 Å². The van der Waals surface area contributed by atoms with E-state index in [2.05, 4.69) is 9.88 Å². The molecule has 0 aromatic heterocycles. The van der Waals surface area contributed by atoms with Gasteiger partial charge in [-0.05, 0) is 19.8 Å². The number of rotatable bonds is 7. The normalized spacial score (nSPS) is 20.4. The topological polar surface area (TPSA) is 114 Å². The van der Waals surface area contributed by atoms with Gasteiger partial charge in [0, 0.05) is 6.61 Å². The first-order chi connectivity index (χ1) is 8.96. The maximum Gasteiger partial charge on any atom is 0.214 e. The fourth-order valence-corrected chi connectivity index (χ4v) is 3.67. The minimum Gasteiger partial charge on any atom is -0.409 e. The van der Waals surface area contributed by atoms with Gasteiger partial charge >= 0.3 is 0 Å². The molecule has 7 nitrogen and oxygen atoms in total. The van der Waals surface area contributed by atoms with Crippen LogP contribution in [0.25, 0.3) is 0 Å². The van der Waals surface area contributed by atoms with Crippen LogP contribution < -0.4 is 10.5 Å². The molecule has 4 N–H and O–H groups in total. The fourth-order valence-electron chi connectivity index (χ4n) is 2.32. The summed E-state index contributed by atoms with van der Waals surface area (Å²) < 4.78 is 31.7. The van der Waals surface area contributed by atoms with Crippen molar-refractivity contribution < 1.29 is 18.4 Å². The van der Waals surface area contributed by atoms with Gasteiger partial charge in [0.05, 0.1) is 17.9 Å². The summed E-state index contributed by atoms with van der Waals surface area (Å²) in [6.45, 7) is 2.41. The first-order valence-electron chi connectivity index (χ1n) is 6.53. The maximum atomic E-state index is 12.0. The highest BCUT2D eigenvalue weighted by Crippen LogP contribution is 2.29. The third-order valence-electron chi connectivity index (χ3n) is 3.36. The van der Waals surface area contributed by atoms with Crippen molar-refractivity contribution in [3.8, 4) is 0 Å². The Kier molecular flexibility index (Phi) is 6.02. The molecule has 0 heterocycles. The van der Waals surface area contributed by atoms with Crippen molar-refractivity contribution in [1.82, 2.24) is 4.72 Å². The quantitative estimate of drug-likeness (QED) is 0.206. The first-order valence-corrected chi connectivity index (χ1v) is 8.18. The zero-order valence-electron chi connectivity index (χ0n) is 11.3. The molecule has 0 unspecified atom stereocenters. The van der Waals surface area contributed by atoms with E-state index in [1.807, 2.05) is 0 Å². The summed E-state index contributed by atoms with van der Waals surface area (Å²) in [6.07, 6.45) is 3.84. The molecular weight excluding hydrogens is 270 g/mol. The van der Waals surface area contributed by atoms with E-state index in [4.69, 9.17) is 15.7 Å². The highest BCUT2D eigenvalue weighted by atomic mass is 32.2. The Morgan fingerprint density at radius 1 is 1.42 bits per heavy atom. The molecule has 8 heteroatoms. The minimum atomic E-state index is -3.51. The molecule has 0 aliphatic heterocycles. The molecule has 0 aromatic rings. The molecule has 0 saturated heterocycles. The van der Waals surface area contributed by atoms with E-state index in [1.54, 1.807) is 6.92 Å². The third kappa shape index (κ3) is 4.63. The number of amidine groups is 1. The molecule has 0 aromatic carbocycles. The van der Waals surface area contributed by atoms with Crippen molar-refractivity contribution in [1.29, 1.82) is 0 Å². The molecule has 0 amide bonds. The highest BCUT2D eigenvalue weighted by molar-refractivity contribution is 7.89. The minimum absolute atomic E-state index is 0.0628. The largest absolute Gasteiger partial charge is 0.409 e. The number of ether oxygens (including phenoxy) is 1. The number of nitrogens with one attached hydrogen (secondary N) is 1. The lowest BCUT2D eigenvalue weighted by atomic mass is 9.82. The zero-order valence-corrected chi connectivity index (χ0v) is 12.1. The maximum absolute atomic E-state index is 12.0. The lowest BCUT2D eigenvalue weighted by molar-refractivity contribution is 0.163. The second kappa shape index (κ2) is 7.06. The van der Waals surface area contributed by atoms with Gasteiger partial charge in [-0.2, -0.15) is 0 Å². The van der Waals surface area contributed by atoms with E-state index in [1.165, 1.54) is 0 Å². The molecule has 1 rings (SSSR count). The number of oxime groups is 1. The summed E-state index contributed by atoms with van der Waals surface area (Å²) in [5.41, 5.74) is 4.74. The molecule has 1 aliphatic rings. The number of sulfonamides is 1. The number of hydrogen-bond acceptors (Lipinski definition) is 5. The van der Waals surface area contributed by atoms with E-state index < -0.39 is 15.6 Å². The van der Waals surface area contributed by atoms with E-state index >= 15 is 0 Å². The monoisotopic (exact) mass is 293 g/mol. The van der Waals surface area contributed by atoms with Crippen LogP contribution in [0.5, 0.6) is 0 Å². The predicted molar refractivity (Wildman–Crippen MR) is 72.6 cm³/mol. The summed E-state index contributed by atoms with van der Waals surface area (Å²) in [6, 6.07) is 0. The number of nitrogens with two attached hydrogens (primary N) is 1. The van der Waals surface area contributed by atoms with Crippen LogP contribution in [0, 0.1) is 0 Å². The van der Waals surface area contributed by atoms with Crippen LogP contribution in [-0.2, 0) is 14.8 Å². The van der Waals surface area contributed by atoms with E-state index in [9.17, 15) is 8.42 Å². The third-order valence-corrected chi connectivity index (χ3v) is 4.76. The Hall–Kier alpha value is -0.860. The molecule has 1 saturated carbocycles. The molecule has 0 spiro atoms. The standard InChI is InChI=1S/C11H23N3O4S/c1-2-18-8-9-19(16,17)14-11(10(12)13-15)6-4-3-5-7-11/h14-15H,2-9H2,1H3,(H2,12,13). The van der Waals surface area contributed by atoms with Crippen molar-refractivity contribution in [3.05, 3.63) is 0 Å². The van der Waals surface area contributed by atoms with Gasteiger partial charge in [0.1, 0.15) is 0 Å². The van der Waals surface area contributed by atoms with Gasteiger partial charge in [0.15, 0.2) is 5.84 Å². The van der Waals surface area contributed by atoms with Gasteiger partial charge < -0.3 is 15.7 Å². The molecule has 112 valence electrons. The van der Waals surface area contributed by atoms with Gasteiger partial charge in [0.25, 0.3) is 0 Å². The Labute approximate surface area is 114 Å². The van der Waals surface area contributed by atoms with E-state index in [-0.39, 0.29) is 18.2 Å². The van der Waals surface area contributed by atoms with Gasteiger partial charge in [-0.1, -0.05) is 24.4 Å². The molecule has 1 aliphatic carbocycles. The van der Waals surface area contributed by atoms with Gasteiger partial charge in [0.2, 0.25) is 10.0 Å². The van der Waals surface area contributed by atoms with Crippen molar-refractivity contribution in [2.75, 3.05) is 19.0 Å². The number of nitrogens with zero attached hydrogens (tertiary/aromatic N) is 1. The predicted octanol–water partition coefficient (Wildman–Crippen LogP) is 0.392. The van der Waals surface area contributed by atoms with Crippen LogP contribution in [0.2, 0.25) is 0 Å². The van der Waals surface area contributed by atoms with Crippen LogP contribution >= 0.6 is 0 Å². The summed E-state index contributed by atoms with van der Waals surface area (Å²) in [5.74, 6) is -0.187. The SMILES string of the molecule is CCOCCS(=O)(=O)NC1(C(N)=NO)CCCCC1. The Morgan fingerprint density at radius 3 is 2.58 bits per heavy atom. The van der Waals surface area contributed by atoms with Crippen LogP contribution in [0.4, 0.5) is 0 Å². The average molecular weight is 293 g/mol. The zero-order chi connectivity index (χ0) is 14.4. The van der Waals surface area contributed by atoms with Crippen LogP contribution in [0.15, 0.2) is 5.16 Å². The first kappa shape index (κ1) is 16.2.